The molecule has 1 atom stereocenters. The van der Waals surface area contributed by atoms with Gasteiger partial charge in [0.25, 0.3) is 0 Å². The highest BCUT2D eigenvalue weighted by atomic mass is 19.1. The highest BCUT2D eigenvalue weighted by Gasteiger charge is 2.32. The summed E-state index contributed by atoms with van der Waals surface area (Å²) in [5.41, 5.74) is 13.0. The van der Waals surface area contributed by atoms with Gasteiger partial charge in [-0.2, -0.15) is 10.5 Å². The molecule has 9 nitrogen and oxygen atoms in total. The maximum atomic E-state index is 15.2. The molecule has 6 N–H and O–H groups in total. The van der Waals surface area contributed by atoms with Gasteiger partial charge in [0, 0.05) is 21.9 Å². The molecule has 3 aromatic rings. The normalized spacial score (nSPS) is 14.4. The smallest absolute Gasteiger partial charge is 0.211 e. The number of ether oxygens (including phenoxy) is 1. The summed E-state index contributed by atoms with van der Waals surface area (Å²) in [4.78, 5) is 8.78. The lowest BCUT2D eigenvalue weighted by atomic mass is 9.92. The van der Waals surface area contributed by atoms with Gasteiger partial charge in [0.15, 0.2) is 6.19 Å². The van der Waals surface area contributed by atoms with Crippen LogP contribution in [0.4, 0.5) is 21.7 Å². The Hall–Kier alpha value is -4.57. The van der Waals surface area contributed by atoms with E-state index in [2.05, 4.69) is 20.6 Å². The van der Waals surface area contributed by atoms with Crippen LogP contribution < -0.4 is 26.8 Å². The third-order valence-corrected chi connectivity index (χ3v) is 5.37. The molecular weight excluding hydrogens is 423 g/mol. The van der Waals surface area contributed by atoms with Gasteiger partial charge in [-0.25, -0.2) is 14.4 Å². The largest absolute Gasteiger partial charge is 0.493 e. The number of benzene rings is 2. The van der Waals surface area contributed by atoms with Crippen molar-refractivity contribution in [3.8, 4) is 18.0 Å². The highest BCUT2D eigenvalue weighted by Crippen LogP contribution is 2.45. The number of rotatable bonds is 5. The van der Waals surface area contributed by atoms with Crippen molar-refractivity contribution in [2.24, 2.45) is 4.99 Å². The summed E-state index contributed by atoms with van der Waals surface area (Å²) in [6.45, 7) is 2.46. The van der Waals surface area contributed by atoms with Gasteiger partial charge in [-0.05, 0) is 12.5 Å². The first-order valence-electron chi connectivity index (χ1n) is 10.3. The quantitative estimate of drug-likeness (QED) is 0.264. The number of aromatic nitrogens is 1. The van der Waals surface area contributed by atoms with E-state index < -0.39 is 11.9 Å². The van der Waals surface area contributed by atoms with Crippen molar-refractivity contribution in [2.75, 3.05) is 23.4 Å². The van der Waals surface area contributed by atoms with Gasteiger partial charge in [-0.1, -0.05) is 37.6 Å². The standard InChI is InChI=1S/C23H21FN8O/c1-2-3-8-33-20-13-7-5-4-6-12(13)16(24)9-14(20)19-17-18(27)15(10-25)21(28)31-22(17)32-23(30-19)29-11-26/h4-7,9,19H,2-3,8H2,1H3,(H6,27,28,29,30,31,32). The lowest BCUT2D eigenvalue weighted by molar-refractivity contribution is 0.308. The Bertz CT molecular complexity index is 1360. The van der Waals surface area contributed by atoms with Gasteiger partial charge in [0.05, 0.1) is 12.3 Å². The van der Waals surface area contributed by atoms with E-state index in [4.69, 9.17) is 21.5 Å². The Balaban J connectivity index is 2.02. The molecule has 1 aliphatic rings. The highest BCUT2D eigenvalue weighted by molar-refractivity contribution is 5.99. The Morgan fingerprint density at radius 3 is 2.70 bits per heavy atom. The molecule has 0 bridgehead atoms. The van der Waals surface area contributed by atoms with Crippen LogP contribution in [0.15, 0.2) is 35.3 Å². The second kappa shape index (κ2) is 8.89. The molecule has 0 fully saturated rings. The molecule has 10 heteroatoms. The second-order valence-electron chi connectivity index (χ2n) is 7.43. The van der Waals surface area contributed by atoms with Gasteiger partial charge < -0.3 is 21.5 Å². The van der Waals surface area contributed by atoms with Crippen LogP contribution in [0.2, 0.25) is 0 Å². The second-order valence-corrected chi connectivity index (χ2v) is 7.43. The van der Waals surface area contributed by atoms with Gasteiger partial charge in [0.1, 0.15) is 40.9 Å². The van der Waals surface area contributed by atoms with E-state index in [1.807, 2.05) is 13.0 Å². The zero-order valence-electron chi connectivity index (χ0n) is 17.8. The first-order valence-corrected chi connectivity index (χ1v) is 10.3. The number of nitrogens with zero attached hydrogens (tertiary/aromatic N) is 4. The van der Waals surface area contributed by atoms with Crippen molar-refractivity contribution in [1.82, 2.24) is 10.3 Å². The maximum absolute atomic E-state index is 15.2. The van der Waals surface area contributed by atoms with Gasteiger partial charge in [-0.15, -0.1) is 0 Å². The Morgan fingerprint density at radius 1 is 1.24 bits per heavy atom. The lowest BCUT2D eigenvalue weighted by Crippen LogP contribution is -2.33. The number of hydrogen-bond donors (Lipinski definition) is 4. The van der Waals surface area contributed by atoms with Crippen LogP contribution in [0.5, 0.6) is 5.75 Å². The van der Waals surface area contributed by atoms with Crippen LogP contribution >= 0.6 is 0 Å². The molecule has 0 saturated heterocycles. The number of fused-ring (bicyclic) bond motifs is 2. The van der Waals surface area contributed by atoms with Gasteiger partial charge in [0.2, 0.25) is 5.96 Å². The van der Waals surface area contributed by atoms with E-state index in [9.17, 15) is 5.26 Å². The van der Waals surface area contributed by atoms with Crippen LogP contribution in [0.3, 0.4) is 0 Å². The molecule has 4 rings (SSSR count). The molecule has 0 saturated carbocycles. The number of nitriles is 2. The van der Waals surface area contributed by atoms with Crippen molar-refractivity contribution < 1.29 is 9.13 Å². The zero-order chi connectivity index (χ0) is 23.5. The third-order valence-electron chi connectivity index (χ3n) is 5.37. The van der Waals surface area contributed by atoms with E-state index in [0.29, 0.717) is 34.3 Å². The average Bonchev–Trinajstić information content (AvgIpc) is 2.80. The van der Waals surface area contributed by atoms with E-state index in [0.717, 1.165) is 12.8 Å². The van der Waals surface area contributed by atoms with Crippen molar-refractivity contribution in [2.45, 2.75) is 25.8 Å². The molecule has 1 aliphatic heterocycles. The molecule has 0 spiro atoms. The van der Waals surface area contributed by atoms with Crippen molar-refractivity contribution in [1.29, 1.82) is 10.5 Å². The van der Waals surface area contributed by atoms with Crippen LogP contribution in [-0.2, 0) is 0 Å². The average molecular weight is 444 g/mol. The summed E-state index contributed by atoms with van der Waals surface area (Å²) in [6.07, 6.45) is 3.52. The lowest BCUT2D eigenvalue weighted by Gasteiger charge is -2.28. The SMILES string of the molecule is CCCCOc1c(C2N=C(NC#N)Nc3nc(N)c(C#N)c(N)c32)cc(F)c2ccccc12. The first kappa shape index (κ1) is 21.7. The van der Waals surface area contributed by atoms with Crippen molar-refractivity contribution >= 4 is 34.1 Å². The van der Waals surface area contributed by atoms with E-state index in [1.165, 1.54) is 6.07 Å². The van der Waals surface area contributed by atoms with Crippen molar-refractivity contribution in [3.05, 3.63) is 52.8 Å². The fourth-order valence-corrected chi connectivity index (χ4v) is 3.81. The predicted molar refractivity (Wildman–Crippen MR) is 124 cm³/mol. The predicted octanol–water partition coefficient (Wildman–Crippen LogP) is 3.53. The summed E-state index contributed by atoms with van der Waals surface area (Å²) in [5.74, 6) is 0.223. The minimum Gasteiger partial charge on any atom is -0.493 e. The Morgan fingerprint density at radius 2 is 2.00 bits per heavy atom. The monoisotopic (exact) mass is 444 g/mol. The number of hydrogen-bond acceptors (Lipinski definition) is 9. The molecule has 33 heavy (non-hydrogen) atoms. The van der Waals surface area contributed by atoms with Crippen LogP contribution in [0, 0.1) is 28.6 Å². The number of guanidine groups is 1. The molecule has 1 aromatic heterocycles. The fourth-order valence-electron chi connectivity index (χ4n) is 3.81. The number of nitrogen functional groups attached to an aromatic ring is 2. The van der Waals surface area contributed by atoms with Gasteiger partial charge >= 0.3 is 0 Å². The van der Waals surface area contributed by atoms with E-state index in [-0.39, 0.29) is 28.8 Å². The first-order chi connectivity index (χ1) is 16.0. The Labute approximate surface area is 189 Å². The van der Waals surface area contributed by atoms with Gasteiger partial charge in [-0.3, -0.25) is 5.32 Å². The summed E-state index contributed by atoms with van der Waals surface area (Å²) < 4.78 is 21.3. The van der Waals surface area contributed by atoms with E-state index >= 15 is 4.39 Å². The fraction of sp³-hybridized carbons (Fsp3) is 0.217. The summed E-state index contributed by atoms with van der Waals surface area (Å²) in [7, 11) is 0. The topological polar surface area (TPSA) is 158 Å². The van der Waals surface area contributed by atoms with E-state index in [1.54, 1.807) is 30.5 Å². The van der Waals surface area contributed by atoms with Crippen molar-refractivity contribution in [3.63, 3.8) is 0 Å². The molecule has 2 aromatic carbocycles. The number of nitrogens with two attached hydrogens (primary N) is 2. The third kappa shape index (κ3) is 3.79. The number of halogens is 1. The van der Waals surface area contributed by atoms with Crippen LogP contribution in [0.25, 0.3) is 10.8 Å². The number of aliphatic imine (C=N–C) groups is 1. The zero-order valence-corrected chi connectivity index (χ0v) is 17.8. The number of nitrogens with one attached hydrogen (secondary N) is 2. The maximum Gasteiger partial charge on any atom is 0.211 e. The molecule has 0 aliphatic carbocycles. The molecule has 2 heterocycles. The van der Waals surface area contributed by atoms with Crippen LogP contribution in [0.1, 0.15) is 42.5 Å². The molecule has 1 unspecified atom stereocenters. The molecule has 0 radical (unpaired) electrons. The molecular formula is C23H21FN8O. The van der Waals surface area contributed by atoms with Crippen LogP contribution in [-0.4, -0.2) is 17.6 Å². The summed E-state index contributed by atoms with van der Waals surface area (Å²) in [6, 6.07) is 9.39. The Kier molecular flexibility index (Phi) is 5.83. The summed E-state index contributed by atoms with van der Waals surface area (Å²) >= 11 is 0. The number of anilines is 3. The number of pyridine rings is 1. The minimum atomic E-state index is -0.909. The summed E-state index contributed by atoms with van der Waals surface area (Å²) in [5, 5.41) is 24.9. The minimum absolute atomic E-state index is 0.00200. The molecule has 0 amide bonds. The number of unbranched alkanes of at least 4 members (excludes halogenated alkanes) is 1. The molecule has 166 valence electrons.